The molecule has 188 valence electrons. The molecule has 2 aliphatic rings. The number of aliphatic hydroxyl groups excluding tert-OH is 1. The second-order valence-corrected chi connectivity index (χ2v) is 11.8. The molecule has 0 bridgehead atoms. The fourth-order valence-corrected chi connectivity index (χ4v) is 6.87. The van der Waals surface area contributed by atoms with E-state index in [4.69, 9.17) is 5.11 Å². The lowest BCUT2D eigenvalue weighted by molar-refractivity contribution is -0.123. The summed E-state index contributed by atoms with van der Waals surface area (Å²) in [7, 11) is 0. The van der Waals surface area contributed by atoms with Gasteiger partial charge in [-0.2, -0.15) is 13.2 Å². The number of hydrogen-bond donors (Lipinski definition) is 2. The van der Waals surface area contributed by atoms with Gasteiger partial charge in [-0.3, -0.25) is 4.79 Å². The zero-order valence-electron chi connectivity index (χ0n) is 19.1. The van der Waals surface area contributed by atoms with Gasteiger partial charge in [-0.15, -0.1) is 0 Å². The summed E-state index contributed by atoms with van der Waals surface area (Å²) in [6.45, 7) is 1.52. The van der Waals surface area contributed by atoms with E-state index in [0.29, 0.717) is 34.6 Å². The van der Waals surface area contributed by atoms with Crippen LogP contribution < -0.4 is 4.90 Å². The van der Waals surface area contributed by atoms with Crippen molar-refractivity contribution in [3.63, 3.8) is 0 Å². The first-order valence-corrected chi connectivity index (χ1v) is 13.4. The molecule has 2 fully saturated rings. The number of carbonyl (C=O) groups excluding carboxylic acids is 1. The number of halogens is 3. The van der Waals surface area contributed by atoms with Crippen LogP contribution in [-0.4, -0.2) is 51.0 Å². The van der Waals surface area contributed by atoms with E-state index in [1.807, 2.05) is 0 Å². The number of hydrogen-bond acceptors (Lipinski definition) is 7. The largest absolute Gasteiger partial charge is 0.446 e. The van der Waals surface area contributed by atoms with Crippen LogP contribution in [0.3, 0.4) is 0 Å². The molecule has 1 aliphatic heterocycles. The molecule has 3 aromatic rings. The Bertz CT molecular complexity index is 1190. The number of H-pyrrole nitrogens is 1. The predicted octanol–water partition coefficient (Wildman–Crippen LogP) is 6.03. The van der Waals surface area contributed by atoms with Crippen LogP contribution in [0.25, 0.3) is 21.7 Å². The van der Waals surface area contributed by atoms with E-state index in [0.717, 1.165) is 61.6 Å². The first-order chi connectivity index (χ1) is 16.7. The Hall–Kier alpha value is -2.11. The molecule has 35 heavy (non-hydrogen) atoms. The zero-order chi connectivity index (χ0) is 24.6. The maximum absolute atomic E-state index is 12.7. The van der Waals surface area contributed by atoms with E-state index in [1.54, 1.807) is 23.6 Å². The van der Waals surface area contributed by atoms with Crippen LogP contribution in [0.5, 0.6) is 0 Å². The van der Waals surface area contributed by atoms with Crippen molar-refractivity contribution in [3.05, 3.63) is 24.4 Å². The summed E-state index contributed by atoms with van der Waals surface area (Å²) in [5, 5.41) is 9.94. The molecule has 2 N–H and O–H groups in total. The van der Waals surface area contributed by atoms with E-state index in [9.17, 15) is 18.0 Å². The molecular weight excluding hydrogens is 497 g/mol. The molecule has 0 radical (unpaired) electrons. The van der Waals surface area contributed by atoms with Crippen molar-refractivity contribution in [2.24, 2.45) is 11.3 Å². The Labute approximate surface area is 209 Å². The van der Waals surface area contributed by atoms with Crippen LogP contribution in [0.15, 0.2) is 29.3 Å². The maximum Gasteiger partial charge on any atom is 0.446 e. The number of aromatic amines is 1. The molecule has 1 spiro atoms. The first kappa shape index (κ1) is 24.6. The topological polar surface area (TPSA) is 82.1 Å². The summed E-state index contributed by atoms with van der Waals surface area (Å²) >= 11 is 1.41. The van der Waals surface area contributed by atoms with E-state index >= 15 is 0 Å². The summed E-state index contributed by atoms with van der Waals surface area (Å²) in [6, 6.07) is 4.51. The number of piperidine rings is 1. The van der Waals surface area contributed by atoms with Crippen molar-refractivity contribution in [2.75, 3.05) is 24.6 Å². The number of alkyl halides is 3. The Morgan fingerprint density at radius 2 is 1.97 bits per heavy atom. The van der Waals surface area contributed by atoms with Crippen LogP contribution in [0.1, 0.15) is 44.9 Å². The minimum Gasteiger partial charge on any atom is -0.389 e. The number of rotatable bonds is 6. The highest BCUT2D eigenvalue weighted by atomic mass is 32.2. The summed E-state index contributed by atoms with van der Waals surface area (Å²) in [4.78, 5) is 27.1. The van der Waals surface area contributed by atoms with Gasteiger partial charge in [0.25, 0.3) is 0 Å². The Kier molecular flexibility index (Phi) is 6.84. The van der Waals surface area contributed by atoms with Crippen molar-refractivity contribution in [1.29, 1.82) is 0 Å². The Morgan fingerprint density at radius 3 is 2.66 bits per heavy atom. The monoisotopic (exact) mass is 524 g/mol. The third-order valence-corrected chi connectivity index (χ3v) is 9.15. The number of thioether (sulfide) groups is 1. The van der Waals surface area contributed by atoms with Gasteiger partial charge in [0.15, 0.2) is 10.9 Å². The van der Waals surface area contributed by atoms with Crippen LogP contribution in [-0.2, 0) is 4.79 Å². The molecule has 0 atom stereocenters. The number of imidazole rings is 1. The van der Waals surface area contributed by atoms with Gasteiger partial charge in [-0.1, -0.05) is 11.3 Å². The Morgan fingerprint density at radius 1 is 1.23 bits per heavy atom. The molecule has 1 saturated carbocycles. The van der Waals surface area contributed by atoms with Crippen molar-refractivity contribution in [1.82, 2.24) is 15.0 Å². The van der Waals surface area contributed by atoms with Gasteiger partial charge < -0.3 is 15.0 Å². The normalized spacial score (nSPS) is 19.0. The zero-order valence-corrected chi connectivity index (χ0v) is 20.7. The lowest BCUT2D eigenvalue weighted by Gasteiger charge is -2.46. The number of carbonyl (C=O) groups is 1. The highest BCUT2D eigenvalue weighted by molar-refractivity contribution is 8.00. The SMILES string of the molecule is O=C(CO)CC1CCC2(CC1)CCN(c1ncc(-c3nc4ccc(SC(F)(F)F)cc4[nH]3)s1)CC2. The third kappa shape index (κ3) is 5.67. The van der Waals surface area contributed by atoms with E-state index in [1.165, 1.54) is 12.1 Å². The van der Waals surface area contributed by atoms with Crippen molar-refractivity contribution in [2.45, 2.75) is 55.3 Å². The average molecular weight is 525 g/mol. The number of benzene rings is 1. The minimum absolute atomic E-state index is 0.0505. The molecule has 3 heterocycles. The number of aromatic nitrogens is 3. The van der Waals surface area contributed by atoms with Crippen LogP contribution in [0.2, 0.25) is 0 Å². The fourth-order valence-electron chi connectivity index (χ4n) is 5.38. The smallest absolute Gasteiger partial charge is 0.389 e. The lowest BCUT2D eigenvalue weighted by atomic mass is 9.65. The van der Waals surface area contributed by atoms with Crippen molar-refractivity contribution in [3.8, 4) is 10.7 Å². The average Bonchev–Trinajstić information content (AvgIpc) is 3.47. The van der Waals surface area contributed by atoms with E-state index < -0.39 is 5.51 Å². The van der Waals surface area contributed by atoms with Gasteiger partial charge in [0.2, 0.25) is 0 Å². The molecular formula is C24H27F3N4O2S2. The fraction of sp³-hybridized carbons (Fsp3) is 0.542. The molecule has 6 nitrogen and oxygen atoms in total. The number of aliphatic hydroxyl groups is 1. The van der Waals surface area contributed by atoms with Gasteiger partial charge in [-0.05, 0) is 79.8 Å². The minimum atomic E-state index is -4.32. The number of anilines is 1. The highest BCUT2D eigenvalue weighted by Gasteiger charge is 2.39. The van der Waals surface area contributed by atoms with Crippen LogP contribution >= 0.6 is 23.1 Å². The number of ketones is 1. The van der Waals surface area contributed by atoms with Gasteiger partial charge in [0, 0.05) is 24.4 Å². The number of fused-ring (bicyclic) bond motifs is 1. The number of Topliss-reactive ketones (excluding diaryl/α,β-unsaturated/α-hetero) is 1. The molecule has 0 amide bonds. The lowest BCUT2D eigenvalue weighted by Crippen LogP contribution is -2.42. The molecule has 11 heteroatoms. The molecule has 0 unspecified atom stereocenters. The summed E-state index contributed by atoms with van der Waals surface area (Å²) < 4.78 is 38.1. The molecule has 1 aliphatic carbocycles. The van der Waals surface area contributed by atoms with Gasteiger partial charge in [0.05, 0.1) is 22.1 Å². The summed E-state index contributed by atoms with van der Waals surface area (Å²) in [5.41, 5.74) is -2.78. The summed E-state index contributed by atoms with van der Waals surface area (Å²) in [6.07, 6.45) is 8.88. The van der Waals surface area contributed by atoms with E-state index in [2.05, 4.69) is 19.9 Å². The van der Waals surface area contributed by atoms with E-state index in [-0.39, 0.29) is 29.0 Å². The van der Waals surface area contributed by atoms with Crippen molar-refractivity contribution >= 4 is 45.0 Å². The van der Waals surface area contributed by atoms with Gasteiger partial charge >= 0.3 is 5.51 Å². The summed E-state index contributed by atoms with van der Waals surface area (Å²) in [5.74, 6) is 0.972. The quantitative estimate of drug-likeness (QED) is 0.384. The van der Waals surface area contributed by atoms with Gasteiger partial charge in [-0.25, -0.2) is 9.97 Å². The van der Waals surface area contributed by atoms with Crippen molar-refractivity contribution < 1.29 is 23.1 Å². The number of nitrogens with one attached hydrogen (secondary N) is 1. The standard InChI is InChI=1S/C24H27F3N4O2S2/c25-24(26,27)35-17-1-2-18-19(12-17)30-21(29-18)20-13-28-22(34-20)31-9-7-23(8-10-31)5-3-15(4-6-23)11-16(33)14-32/h1-2,12-13,15,32H,3-11,14H2,(H,29,30). The predicted molar refractivity (Wildman–Crippen MR) is 132 cm³/mol. The third-order valence-electron chi connectivity index (χ3n) is 7.37. The number of nitrogens with zero attached hydrogens (tertiary/aromatic N) is 3. The maximum atomic E-state index is 12.7. The number of thiazole rings is 1. The molecule has 1 saturated heterocycles. The van der Waals surface area contributed by atoms with Crippen LogP contribution in [0.4, 0.5) is 18.3 Å². The Balaban J connectivity index is 1.21. The first-order valence-electron chi connectivity index (χ1n) is 11.8. The van der Waals surface area contributed by atoms with Gasteiger partial charge in [0.1, 0.15) is 12.4 Å². The molecule has 5 rings (SSSR count). The second-order valence-electron chi connectivity index (χ2n) is 9.65. The highest BCUT2D eigenvalue weighted by Crippen LogP contribution is 2.48. The van der Waals surface area contributed by atoms with Crippen LogP contribution in [0, 0.1) is 11.3 Å². The second kappa shape index (κ2) is 9.74. The molecule has 1 aromatic carbocycles. The molecule has 2 aromatic heterocycles.